The van der Waals surface area contributed by atoms with Crippen molar-refractivity contribution in [3.05, 3.63) is 30.3 Å². The number of fused-ring (bicyclic) bond motifs is 1. The highest BCUT2D eigenvalue weighted by Crippen LogP contribution is 2.24. The Morgan fingerprint density at radius 2 is 1.96 bits per heavy atom. The van der Waals surface area contributed by atoms with Crippen LogP contribution in [0.5, 0.6) is 0 Å². The molecule has 1 fully saturated rings. The lowest BCUT2D eigenvalue weighted by Crippen LogP contribution is -2.57. The first kappa shape index (κ1) is 17.0. The van der Waals surface area contributed by atoms with E-state index in [1.165, 1.54) is 12.4 Å². The molecule has 0 spiro atoms. The second-order valence-corrected chi connectivity index (χ2v) is 7.19. The number of nitrogens with one attached hydrogen (secondary N) is 1. The maximum absolute atomic E-state index is 13.9. The summed E-state index contributed by atoms with van der Waals surface area (Å²) in [7, 11) is 0. The zero-order valence-corrected chi connectivity index (χ0v) is 14.7. The van der Waals surface area contributed by atoms with E-state index in [0.29, 0.717) is 23.3 Å². The van der Waals surface area contributed by atoms with Crippen LogP contribution in [0.25, 0.3) is 10.9 Å². The van der Waals surface area contributed by atoms with E-state index in [1.807, 2.05) is 6.07 Å². The van der Waals surface area contributed by atoms with Gasteiger partial charge in [-0.25, -0.2) is 14.4 Å². The summed E-state index contributed by atoms with van der Waals surface area (Å²) in [5.41, 5.74) is 0.276. The number of morpholine rings is 1. The lowest BCUT2D eigenvalue weighted by molar-refractivity contribution is -0.0933. The van der Waals surface area contributed by atoms with Crippen LogP contribution in [0.1, 0.15) is 27.7 Å². The van der Waals surface area contributed by atoms with Crippen LogP contribution in [-0.4, -0.2) is 52.2 Å². The minimum Gasteiger partial charge on any atom is -0.373 e. The monoisotopic (exact) mass is 332 g/mol. The molecule has 1 aliphatic heterocycles. The van der Waals surface area contributed by atoms with Gasteiger partial charge < -0.3 is 10.1 Å². The van der Waals surface area contributed by atoms with E-state index < -0.39 is 0 Å². The second-order valence-electron chi connectivity index (χ2n) is 7.19. The number of para-hydroxylation sites is 1. The van der Waals surface area contributed by atoms with Gasteiger partial charge in [-0.05, 0) is 39.8 Å². The Morgan fingerprint density at radius 1 is 1.25 bits per heavy atom. The summed E-state index contributed by atoms with van der Waals surface area (Å²) in [4.78, 5) is 10.8. The third-order valence-corrected chi connectivity index (χ3v) is 4.58. The van der Waals surface area contributed by atoms with Crippen molar-refractivity contribution >= 4 is 16.7 Å². The van der Waals surface area contributed by atoms with Crippen molar-refractivity contribution in [2.24, 2.45) is 0 Å². The average Bonchev–Trinajstić information content (AvgIpc) is 2.52. The fourth-order valence-corrected chi connectivity index (χ4v) is 3.28. The fraction of sp³-hybridized carbons (Fsp3) is 0.556. The Bertz CT molecular complexity index is 711. The smallest absolute Gasteiger partial charge is 0.149 e. The minimum atomic E-state index is -0.326. The van der Waals surface area contributed by atoms with Crippen molar-refractivity contribution in [3.8, 4) is 0 Å². The highest BCUT2D eigenvalue weighted by molar-refractivity contribution is 5.89. The standard InChI is InChI=1S/C18H25FN4O/c1-12-8-23(9-13(2)24-12)18(3,4)10-20-17-14-6-5-7-15(19)16(14)21-11-22-17/h5-7,11-13H,8-10H2,1-4H3,(H,20,21,22). The van der Waals surface area contributed by atoms with Crippen molar-refractivity contribution in [2.75, 3.05) is 25.0 Å². The number of hydrogen-bond donors (Lipinski definition) is 1. The molecule has 1 saturated heterocycles. The van der Waals surface area contributed by atoms with Crippen molar-refractivity contribution in [1.82, 2.24) is 14.9 Å². The van der Waals surface area contributed by atoms with Crippen LogP contribution >= 0.6 is 0 Å². The molecule has 1 N–H and O–H groups in total. The minimum absolute atomic E-state index is 0.0725. The molecule has 0 bridgehead atoms. The van der Waals surface area contributed by atoms with E-state index in [9.17, 15) is 4.39 Å². The first-order valence-corrected chi connectivity index (χ1v) is 8.40. The van der Waals surface area contributed by atoms with Gasteiger partial charge in [0, 0.05) is 30.6 Å². The average molecular weight is 332 g/mol. The topological polar surface area (TPSA) is 50.3 Å². The highest BCUT2D eigenvalue weighted by atomic mass is 19.1. The fourth-order valence-electron chi connectivity index (χ4n) is 3.28. The largest absolute Gasteiger partial charge is 0.373 e. The summed E-state index contributed by atoms with van der Waals surface area (Å²) in [6, 6.07) is 4.94. The molecule has 1 aromatic heterocycles. The van der Waals surface area contributed by atoms with Gasteiger partial charge in [-0.2, -0.15) is 0 Å². The molecule has 0 aliphatic carbocycles. The van der Waals surface area contributed by atoms with Gasteiger partial charge >= 0.3 is 0 Å². The number of hydrogen-bond acceptors (Lipinski definition) is 5. The number of benzene rings is 1. The Balaban J connectivity index is 1.76. The number of nitrogens with zero attached hydrogens (tertiary/aromatic N) is 3. The molecule has 3 rings (SSSR count). The van der Waals surface area contributed by atoms with Crippen molar-refractivity contribution in [3.63, 3.8) is 0 Å². The van der Waals surface area contributed by atoms with Gasteiger partial charge in [0.15, 0.2) is 0 Å². The molecule has 24 heavy (non-hydrogen) atoms. The molecule has 0 radical (unpaired) electrons. The Labute approximate surface area is 142 Å². The van der Waals surface area contributed by atoms with Crippen LogP contribution in [0.3, 0.4) is 0 Å². The van der Waals surface area contributed by atoms with Crippen molar-refractivity contribution in [2.45, 2.75) is 45.4 Å². The lowest BCUT2D eigenvalue weighted by Gasteiger charge is -2.45. The van der Waals surface area contributed by atoms with Crippen molar-refractivity contribution < 1.29 is 9.13 Å². The zero-order chi connectivity index (χ0) is 17.3. The van der Waals surface area contributed by atoms with E-state index in [1.54, 1.807) is 6.07 Å². The maximum atomic E-state index is 13.9. The van der Waals surface area contributed by atoms with E-state index in [2.05, 4.69) is 47.9 Å². The number of aromatic nitrogens is 2. The predicted octanol–water partition coefficient (Wildman–Crippen LogP) is 3.07. The molecular weight excluding hydrogens is 307 g/mol. The molecule has 2 heterocycles. The van der Waals surface area contributed by atoms with Gasteiger partial charge in [0.05, 0.1) is 12.2 Å². The molecule has 2 unspecified atom stereocenters. The Kier molecular flexibility index (Phi) is 4.69. The van der Waals surface area contributed by atoms with Crippen LogP contribution in [-0.2, 0) is 4.74 Å². The molecule has 5 nitrogen and oxygen atoms in total. The number of rotatable bonds is 4. The summed E-state index contributed by atoms with van der Waals surface area (Å²) in [5.74, 6) is 0.343. The van der Waals surface area contributed by atoms with Crippen LogP contribution in [0, 0.1) is 5.82 Å². The van der Waals surface area contributed by atoms with E-state index in [4.69, 9.17) is 4.74 Å². The van der Waals surface area contributed by atoms with Gasteiger partial charge in [-0.3, -0.25) is 4.90 Å². The number of anilines is 1. The zero-order valence-electron chi connectivity index (χ0n) is 14.7. The summed E-state index contributed by atoms with van der Waals surface area (Å²) in [6.07, 6.45) is 1.85. The first-order valence-electron chi connectivity index (χ1n) is 8.40. The molecule has 1 aliphatic rings. The van der Waals surface area contributed by atoms with E-state index in [-0.39, 0.29) is 23.6 Å². The highest BCUT2D eigenvalue weighted by Gasteiger charge is 2.33. The number of halogens is 1. The van der Waals surface area contributed by atoms with Crippen molar-refractivity contribution in [1.29, 1.82) is 0 Å². The van der Waals surface area contributed by atoms with Gasteiger partial charge in [0.1, 0.15) is 23.5 Å². The van der Waals surface area contributed by atoms with Gasteiger partial charge in [-0.1, -0.05) is 6.07 Å². The molecule has 0 amide bonds. The summed E-state index contributed by atoms with van der Waals surface area (Å²) in [5, 5.41) is 4.09. The third kappa shape index (κ3) is 3.49. The first-order chi connectivity index (χ1) is 11.4. The molecular formula is C18H25FN4O. The molecule has 1 aromatic carbocycles. The SMILES string of the molecule is CC1CN(C(C)(C)CNc2ncnc3c(F)cccc23)CC(C)O1. The van der Waals surface area contributed by atoms with Crippen LogP contribution in [0.4, 0.5) is 10.2 Å². The number of ether oxygens (including phenoxy) is 1. The van der Waals surface area contributed by atoms with Gasteiger partial charge in [-0.15, -0.1) is 0 Å². The van der Waals surface area contributed by atoms with Gasteiger partial charge in [0.25, 0.3) is 0 Å². The van der Waals surface area contributed by atoms with Crippen LogP contribution in [0.15, 0.2) is 24.5 Å². The predicted molar refractivity (Wildman–Crippen MR) is 93.6 cm³/mol. The lowest BCUT2D eigenvalue weighted by atomic mass is 10.00. The molecule has 2 atom stereocenters. The van der Waals surface area contributed by atoms with Crippen LogP contribution in [0.2, 0.25) is 0 Å². The van der Waals surface area contributed by atoms with Gasteiger partial charge in [0.2, 0.25) is 0 Å². The summed E-state index contributed by atoms with van der Waals surface area (Å²) < 4.78 is 19.7. The quantitative estimate of drug-likeness (QED) is 0.932. The maximum Gasteiger partial charge on any atom is 0.149 e. The Morgan fingerprint density at radius 3 is 2.67 bits per heavy atom. The molecule has 6 heteroatoms. The van der Waals surface area contributed by atoms with Crippen LogP contribution < -0.4 is 5.32 Å². The Hall–Kier alpha value is -1.79. The third-order valence-electron chi connectivity index (χ3n) is 4.58. The second kappa shape index (κ2) is 6.61. The van der Waals surface area contributed by atoms with E-state index >= 15 is 0 Å². The summed E-state index contributed by atoms with van der Waals surface area (Å²) in [6.45, 7) is 11.1. The molecule has 130 valence electrons. The summed E-state index contributed by atoms with van der Waals surface area (Å²) >= 11 is 0. The normalized spacial score (nSPS) is 22.7. The van der Waals surface area contributed by atoms with E-state index in [0.717, 1.165) is 13.1 Å². The molecule has 0 saturated carbocycles. The molecule has 2 aromatic rings.